The maximum atomic E-state index is 4.59. The minimum absolute atomic E-state index is 0.971. The Kier molecular flexibility index (Phi) is 5.02. The summed E-state index contributed by atoms with van der Waals surface area (Å²) >= 11 is 5.78. The van der Waals surface area contributed by atoms with E-state index < -0.39 is 0 Å². The van der Waals surface area contributed by atoms with E-state index in [1.54, 1.807) is 0 Å². The van der Waals surface area contributed by atoms with Gasteiger partial charge in [-0.3, -0.25) is 4.99 Å². The zero-order valence-electron chi connectivity index (χ0n) is 12.9. The molecule has 0 aliphatic heterocycles. The number of halogens is 2. The third kappa shape index (κ3) is 3.75. The summed E-state index contributed by atoms with van der Waals surface area (Å²) in [5, 5.41) is 0. The number of hydrogen-bond donors (Lipinski definition) is 0. The van der Waals surface area contributed by atoms with Crippen molar-refractivity contribution in [1.29, 1.82) is 0 Å². The fourth-order valence-electron chi connectivity index (χ4n) is 2.58. The Morgan fingerprint density at radius 1 is 1.00 bits per heavy atom. The van der Waals surface area contributed by atoms with Gasteiger partial charge in [-0.15, -0.1) is 0 Å². The number of benzene rings is 2. The molecule has 23 heavy (non-hydrogen) atoms. The van der Waals surface area contributed by atoms with Crippen molar-refractivity contribution >= 4 is 50.4 Å². The lowest BCUT2D eigenvalue weighted by molar-refractivity contribution is 0.964. The summed E-state index contributed by atoms with van der Waals surface area (Å²) in [4.78, 5) is 4.59. The topological polar surface area (TPSA) is 17.3 Å². The number of nitrogens with zero attached hydrogens (tertiary/aromatic N) is 2. The quantitative estimate of drug-likeness (QED) is 0.314. The predicted molar refractivity (Wildman–Crippen MR) is 109 cm³/mol. The van der Waals surface area contributed by atoms with Crippen molar-refractivity contribution in [2.24, 2.45) is 4.99 Å². The van der Waals surface area contributed by atoms with Crippen LogP contribution in [0.1, 0.15) is 17.0 Å². The average molecular weight is 479 g/mol. The van der Waals surface area contributed by atoms with E-state index >= 15 is 0 Å². The predicted octanol–water partition coefficient (Wildman–Crippen LogP) is 6.21. The van der Waals surface area contributed by atoms with Crippen LogP contribution < -0.4 is 0 Å². The summed E-state index contributed by atoms with van der Waals surface area (Å²) in [5.74, 6) is 0. The van der Waals surface area contributed by atoms with Crippen molar-refractivity contribution in [3.05, 3.63) is 79.6 Å². The molecule has 2 nitrogen and oxygen atoms in total. The van der Waals surface area contributed by atoms with Crippen LogP contribution in [0.3, 0.4) is 0 Å². The standard InChI is InChI=1S/C19H16BrIN2/c1-13-11-15(12-22-18-7-5-17(21)6-8-18)14(2)23(13)19-9-3-16(20)4-10-19/h3-12H,1-2H3. The van der Waals surface area contributed by atoms with Crippen LogP contribution in [-0.4, -0.2) is 10.8 Å². The minimum atomic E-state index is 0.971. The first-order chi connectivity index (χ1) is 11.0. The minimum Gasteiger partial charge on any atom is -0.318 e. The van der Waals surface area contributed by atoms with E-state index in [0.717, 1.165) is 21.4 Å². The van der Waals surface area contributed by atoms with E-state index in [4.69, 9.17) is 0 Å². The van der Waals surface area contributed by atoms with Gasteiger partial charge in [0.2, 0.25) is 0 Å². The lowest BCUT2D eigenvalue weighted by Gasteiger charge is -2.09. The van der Waals surface area contributed by atoms with Gasteiger partial charge in [-0.2, -0.15) is 0 Å². The number of rotatable bonds is 3. The lowest BCUT2D eigenvalue weighted by Crippen LogP contribution is -1.99. The van der Waals surface area contributed by atoms with Gasteiger partial charge in [0, 0.05) is 36.9 Å². The normalized spacial score (nSPS) is 11.3. The van der Waals surface area contributed by atoms with Gasteiger partial charge in [-0.25, -0.2) is 0 Å². The van der Waals surface area contributed by atoms with Crippen LogP contribution in [0.4, 0.5) is 5.69 Å². The molecule has 0 radical (unpaired) electrons. The summed E-state index contributed by atoms with van der Waals surface area (Å²) in [6.45, 7) is 4.25. The van der Waals surface area contributed by atoms with E-state index in [1.165, 1.54) is 15.0 Å². The summed E-state index contributed by atoms with van der Waals surface area (Å²) in [5.41, 5.74) is 5.67. The monoisotopic (exact) mass is 478 g/mol. The highest BCUT2D eigenvalue weighted by Crippen LogP contribution is 2.22. The molecule has 0 amide bonds. The van der Waals surface area contributed by atoms with E-state index in [9.17, 15) is 0 Å². The third-order valence-corrected chi connectivity index (χ3v) is 4.98. The van der Waals surface area contributed by atoms with Crippen LogP contribution in [0.2, 0.25) is 0 Å². The molecule has 0 aliphatic carbocycles. The molecule has 0 N–H and O–H groups in total. The van der Waals surface area contributed by atoms with Gasteiger partial charge in [0.15, 0.2) is 0 Å². The van der Waals surface area contributed by atoms with Gasteiger partial charge in [0.05, 0.1) is 5.69 Å². The Morgan fingerprint density at radius 2 is 1.65 bits per heavy atom. The maximum absolute atomic E-state index is 4.59. The molecule has 0 saturated carbocycles. The smallest absolute Gasteiger partial charge is 0.0630 e. The fourth-order valence-corrected chi connectivity index (χ4v) is 3.20. The summed E-state index contributed by atoms with van der Waals surface area (Å²) in [6.07, 6.45) is 1.94. The van der Waals surface area contributed by atoms with E-state index in [0.29, 0.717) is 0 Å². The first-order valence-electron chi connectivity index (χ1n) is 7.29. The molecule has 116 valence electrons. The molecule has 1 heterocycles. The Labute approximate surface area is 158 Å². The maximum Gasteiger partial charge on any atom is 0.0630 e. The van der Waals surface area contributed by atoms with Gasteiger partial charge >= 0.3 is 0 Å². The van der Waals surface area contributed by atoms with Gasteiger partial charge in [0.1, 0.15) is 0 Å². The summed E-state index contributed by atoms with van der Waals surface area (Å²) < 4.78 is 4.56. The fraction of sp³-hybridized carbons (Fsp3) is 0.105. The van der Waals surface area contributed by atoms with Crippen LogP contribution in [0, 0.1) is 17.4 Å². The van der Waals surface area contributed by atoms with Crippen molar-refractivity contribution in [2.75, 3.05) is 0 Å². The molecule has 1 aromatic heterocycles. The van der Waals surface area contributed by atoms with E-state index in [2.05, 4.69) is 104 Å². The Morgan fingerprint density at radius 3 is 2.30 bits per heavy atom. The molecule has 0 saturated heterocycles. The molecule has 3 rings (SSSR count). The van der Waals surface area contributed by atoms with Gasteiger partial charge in [0.25, 0.3) is 0 Å². The van der Waals surface area contributed by atoms with E-state index in [-0.39, 0.29) is 0 Å². The second kappa shape index (κ2) is 7.01. The Balaban J connectivity index is 1.94. The lowest BCUT2D eigenvalue weighted by atomic mass is 10.2. The van der Waals surface area contributed by atoms with Crippen LogP contribution in [0.15, 0.2) is 64.1 Å². The molecule has 3 aromatic rings. The van der Waals surface area contributed by atoms with E-state index in [1.807, 2.05) is 18.3 Å². The second-order valence-electron chi connectivity index (χ2n) is 5.37. The molecular formula is C19H16BrIN2. The molecule has 0 unspecified atom stereocenters. The van der Waals surface area contributed by atoms with Gasteiger partial charge < -0.3 is 4.57 Å². The van der Waals surface area contributed by atoms with Gasteiger partial charge in [-0.05, 0) is 91.0 Å². The summed E-state index contributed by atoms with van der Waals surface area (Å²) in [7, 11) is 0. The highest BCUT2D eigenvalue weighted by atomic mass is 127. The zero-order valence-corrected chi connectivity index (χ0v) is 16.7. The first kappa shape index (κ1) is 16.5. The Bertz CT molecular complexity index is 846. The molecule has 0 aliphatic rings. The molecule has 2 aromatic carbocycles. The average Bonchev–Trinajstić information content (AvgIpc) is 2.82. The number of aromatic nitrogens is 1. The van der Waals surface area contributed by atoms with Crippen LogP contribution >= 0.6 is 38.5 Å². The van der Waals surface area contributed by atoms with Crippen molar-refractivity contribution < 1.29 is 0 Å². The SMILES string of the molecule is Cc1cc(C=Nc2ccc(I)cc2)c(C)n1-c1ccc(Br)cc1. The molecule has 0 atom stereocenters. The van der Waals surface area contributed by atoms with Crippen LogP contribution in [-0.2, 0) is 0 Å². The molecule has 0 fully saturated rings. The van der Waals surface area contributed by atoms with Crippen molar-refractivity contribution in [1.82, 2.24) is 4.57 Å². The molecule has 0 bridgehead atoms. The van der Waals surface area contributed by atoms with Crippen LogP contribution in [0.25, 0.3) is 5.69 Å². The number of aryl methyl sites for hydroxylation is 1. The van der Waals surface area contributed by atoms with Gasteiger partial charge in [-0.1, -0.05) is 15.9 Å². The highest BCUT2D eigenvalue weighted by molar-refractivity contribution is 14.1. The number of aliphatic imine (C=N–C) groups is 1. The van der Waals surface area contributed by atoms with Crippen molar-refractivity contribution in [2.45, 2.75) is 13.8 Å². The van der Waals surface area contributed by atoms with Crippen molar-refractivity contribution in [3.63, 3.8) is 0 Å². The zero-order chi connectivity index (χ0) is 16.4. The highest BCUT2D eigenvalue weighted by Gasteiger charge is 2.09. The molecule has 4 heteroatoms. The first-order valence-corrected chi connectivity index (χ1v) is 9.16. The Hall–Kier alpha value is -1.40. The largest absolute Gasteiger partial charge is 0.318 e. The number of hydrogen-bond acceptors (Lipinski definition) is 1. The van der Waals surface area contributed by atoms with Crippen molar-refractivity contribution in [3.8, 4) is 5.69 Å². The molecular weight excluding hydrogens is 463 g/mol. The van der Waals surface area contributed by atoms with Crippen LogP contribution in [0.5, 0.6) is 0 Å². The molecule has 0 spiro atoms. The second-order valence-corrected chi connectivity index (χ2v) is 7.53. The summed E-state index contributed by atoms with van der Waals surface area (Å²) in [6, 6.07) is 18.7. The third-order valence-electron chi connectivity index (χ3n) is 3.73.